The molecule has 0 aromatic heterocycles. The molecule has 0 radical (unpaired) electrons. The summed E-state index contributed by atoms with van der Waals surface area (Å²) in [5, 5.41) is 9.07. The molecule has 0 spiro atoms. The maximum atomic E-state index is 9.07. The van der Waals surface area contributed by atoms with Gasteiger partial charge in [0.2, 0.25) is 0 Å². The van der Waals surface area contributed by atoms with Crippen LogP contribution in [-0.4, -0.2) is 23.9 Å². The molecule has 0 saturated carbocycles. The Morgan fingerprint density at radius 1 is 1.25 bits per heavy atom. The standard InChI is InChI=1S/C13H23IO2/c1-8(7-14)13-11(4)9(2)10(3)12(16-13)5-6-15/h7,9-13,15H,5-6H2,1-4H3/b8-7+/t9-,10+,11+,12+,13-/m0/s1. The van der Waals surface area contributed by atoms with Gasteiger partial charge in [0.1, 0.15) is 0 Å². The maximum absolute atomic E-state index is 9.07. The van der Waals surface area contributed by atoms with Gasteiger partial charge in [-0.2, -0.15) is 0 Å². The minimum Gasteiger partial charge on any atom is -0.396 e. The number of aliphatic hydroxyl groups is 1. The van der Waals surface area contributed by atoms with Gasteiger partial charge in [-0.05, 0) is 40.8 Å². The molecule has 0 aliphatic carbocycles. The monoisotopic (exact) mass is 338 g/mol. The lowest BCUT2D eigenvalue weighted by Gasteiger charge is -2.44. The summed E-state index contributed by atoms with van der Waals surface area (Å²) in [7, 11) is 0. The van der Waals surface area contributed by atoms with Crippen LogP contribution in [0.25, 0.3) is 0 Å². The van der Waals surface area contributed by atoms with Gasteiger partial charge in [-0.3, -0.25) is 0 Å². The highest BCUT2D eigenvalue weighted by Gasteiger charge is 2.38. The molecule has 1 N–H and O–H groups in total. The van der Waals surface area contributed by atoms with Crippen LogP contribution >= 0.6 is 22.6 Å². The van der Waals surface area contributed by atoms with E-state index in [1.54, 1.807) is 0 Å². The normalized spacial score (nSPS) is 41.1. The first-order chi connectivity index (χ1) is 7.52. The Morgan fingerprint density at radius 3 is 2.38 bits per heavy atom. The van der Waals surface area contributed by atoms with Crippen molar-refractivity contribution in [1.29, 1.82) is 0 Å². The van der Waals surface area contributed by atoms with E-state index in [1.165, 1.54) is 5.57 Å². The SMILES string of the molecule is C/C(=C\I)[C@@H]1O[C@H](CCO)[C@H](C)[C@H](C)[C@H]1C. The predicted molar refractivity (Wildman–Crippen MR) is 75.6 cm³/mol. The third kappa shape index (κ3) is 2.99. The largest absolute Gasteiger partial charge is 0.396 e. The quantitative estimate of drug-likeness (QED) is 0.800. The number of aliphatic hydroxyl groups excluding tert-OH is 1. The Morgan fingerprint density at radius 2 is 1.88 bits per heavy atom. The smallest absolute Gasteiger partial charge is 0.0821 e. The zero-order valence-electron chi connectivity index (χ0n) is 10.6. The minimum atomic E-state index is 0.201. The molecule has 1 fully saturated rings. The Labute approximate surface area is 113 Å². The lowest BCUT2D eigenvalue weighted by molar-refractivity contribution is -0.122. The number of hydrogen-bond donors (Lipinski definition) is 1. The molecule has 1 heterocycles. The van der Waals surface area contributed by atoms with Crippen LogP contribution in [0.5, 0.6) is 0 Å². The van der Waals surface area contributed by atoms with Crippen LogP contribution in [0.1, 0.15) is 34.1 Å². The van der Waals surface area contributed by atoms with E-state index in [9.17, 15) is 0 Å². The van der Waals surface area contributed by atoms with E-state index in [0.29, 0.717) is 17.8 Å². The highest BCUT2D eigenvalue weighted by molar-refractivity contribution is 14.1. The van der Waals surface area contributed by atoms with Crippen LogP contribution in [0.2, 0.25) is 0 Å². The highest BCUT2D eigenvalue weighted by Crippen LogP contribution is 2.38. The van der Waals surface area contributed by atoms with E-state index < -0.39 is 0 Å². The van der Waals surface area contributed by atoms with E-state index in [4.69, 9.17) is 9.84 Å². The number of rotatable bonds is 3. The molecular weight excluding hydrogens is 315 g/mol. The molecule has 5 atom stereocenters. The number of ether oxygens (including phenoxy) is 1. The van der Waals surface area contributed by atoms with Crippen LogP contribution in [0, 0.1) is 17.8 Å². The summed E-state index contributed by atoms with van der Waals surface area (Å²) < 4.78 is 8.25. The first kappa shape index (κ1) is 14.5. The van der Waals surface area contributed by atoms with Gasteiger partial charge in [-0.15, -0.1) is 0 Å². The van der Waals surface area contributed by atoms with Crippen LogP contribution in [0.4, 0.5) is 0 Å². The summed E-state index contributed by atoms with van der Waals surface area (Å²) in [5.74, 6) is 1.72. The first-order valence-electron chi connectivity index (χ1n) is 6.06. The van der Waals surface area contributed by atoms with Crippen molar-refractivity contribution in [3.63, 3.8) is 0 Å². The third-order valence-electron chi connectivity index (χ3n) is 4.08. The topological polar surface area (TPSA) is 29.5 Å². The average Bonchev–Trinajstić information content (AvgIpc) is 2.29. The molecule has 0 bridgehead atoms. The van der Waals surface area contributed by atoms with Gasteiger partial charge in [0.05, 0.1) is 12.2 Å². The molecule has 1 rings (SSSR count). The third-order valence-corrected chi connectivity index (χ3v) is 5.06. The molecule has 0 amide bonds. The predicted octanol–water partition coefficient (Wildman–Crippen LogP) is 3.38. The van der Waals surface area contributed by atoms with Gasteiger partial charge in [0.15, 0.2) is 0 Å². The van der Waals surface area contributed by atoms with Crippen molar-refractivity contribution < 1.29 is 9.84 Å². The van der Waals surface area contributed by atoms with Gasteiger partial charge < -0.3 is 9.84 Å². The van der Waals surface area contributed by atoms with E-state index in [-0.39, 0.29) is 18.8 Å². The van der Waals surface area contributed by atoms with Crippen LogP contribution in [0.3, 0.4) is 0 Å². The van der Waals surface area contributed by atoms with E-state index in [2.05, 4.69) is 54.4 Å². The summed E-state index contributed by atoms with van der Waals surface area (Å²) in [6.45, 7) is 9.16. The summed E-state index contributed by atoms with van der Waals surface area (Å²) in [6, 6.07) is 0. The molecule has 0 aromatic carbocycles. The Bertz CT molecular complexity index is 252. The molecule has 0 aromatic rings. The van der Waals surface area contributed by atoms with Crippen molar-refractivity contribution in [2.24, 2.45) is 17.8 Å². The second kappa shape index (κ2) is 6.36. The molecule has 16 heavy (non-hydrogen) atoms. The fourth-order valence-electron chi connectivity index (χ4n) is 2.57. The van der Waals surface area contributed by atoms with Crippen molar-refractivity contribution in [1.82, 2.24) is 0 Å². The van der Waals surface area contributed by atoms with Crippen molar-refractivity contribution >= 4 is 22.6 Å². The number of halogens is 1. The molecule has 3 heteroatoms. The zero-order chi connectivity index (χ0) is 12.3. The summed E-state index contributed by atoms with van der Waals surface area (Å²) in [4.78, 5) is 0. The molecular formula is C13H23IO2. The van der Waals surface area contributed by atoms with Gasteiger partial charge in [0, 0.05) is 6.61 Å². The molecule has 1 aliphatic heterocycles. The minimum absolute atomic E-state index is 0.201. The van der Waals surface area contributed by atoms with Crippen LogP contribution < -0.4 is 0 Å². The summed E-state index contributed by atoms with van der Waals surface area (Å²) >= 11 is 2.28. The van der Waals surface area contributed by atoms with Crippen molar-refractivity contribution in [3.8, 4) is 0 Å². The average molecular weight is 338 g/mol. The van der Waals surface area contributed by atoms with Gasteiger partial charge >= 0.3 is 0 Å². The highest BCUT2D eigenvalue weighted by atomic mass is 127. The van der Waals surface area contributed by atoms with Gasteiger partial charge in [0.25, 0.3) is 0 Å². The number of hydrogen-bond acceptors (Lipinski definition) is 2. The second-order valence-electron chi connectivity index (χ2n) is 5.04. The summed E-state index contributed by atoms with van der Waals surface area (Å²) in [5.41, 5.74) is 1.30. The molecule has 1 saturated heterocycles. The zero-order valence-corrected chi connectivity index (χ0v) is 12.8. The van der Waals surface area contributed by atoms with Crippen LogP contribution in [-0.2, 0) is 4.74 Å². The second-order valence-corrected chi connectivity index (χ2v) is 5.66. The maximum Gasteiger partial charge on any atom is 0.0821 e. The van der Waals surface area contributed by atoms with E-state index in [1.807, 2.05) is 0 Å². The lowest BCUT2D eigenvalue weighted by Crippen LogP contribution is -2.45. The Hall–Kier alpha value is 0.390. The molecule has 94 valence electrons. The molecule has 0 unspecified atom stereocenters. The molecule has 2 nitrogen and oxygen atoms in total. The fraction of sp³-hybridized carbons (Fsp3) is 0.846. The fourth-order valence-corrected chi connectivity index (χ4v) is 2.93. The van der Waals surface area contributed by atoms with Crippen LogP contribution in [0.15, 0.2) is 9.66 Å². The van der Waals surface area contributed by atoms with Crippen molar-refractivity contribution in [2.75, 3.05) is 6.61 Å². The van der Waals surface area contributed by atoms with E-state index in [0.717, 1.165) is 6.42 Å². The first-order valence-corrected chi connectivity index (χ1v) is 7.30. The summed E-state index contributed by atoms with van der Waals surface area (Å²) in [6.07, 6.45) is 1.18. The molecule has 1 aliphatic rings. The Balaban J connectivity index is 2.81. The lowest BCUT2D eigenvalue weighted by atomic mass is 9.74. The Kier molecular flexibility index (Phi) is 5.74. The van der Waals surface area contributed by atoms with Gasteiger partial charge in [-0.25, -0.2) is 0 Å². The van der Waals surface area contributed by atoms with Crippen molar-refractivity contribution in [2.45, 2.75) is 46.3 Å². The van der Waals surface area contributed by atoms with Gasteiger partial charge in [-0.1, -0.05) is 43.4 Å². The van der Waals surface area contributed by atoms with Crippen molar-refractivity contribution in [3.05, 3.63) is 9.66 Å². The van der Waals surface area contributed by atoms with E-state index >= 15 is 0 Å².